The van der Waals surface area contributed by atoms with Crippen molar-refractivity contribution >= 4 is 17.4 Å². The highest BCUT2D eigenvalue weighted by Gasteiger charge is 2.07. The number of aromatic nitrogens is 2. The Morgan fingerprint density at radius 2 is 2.10 bits per heavy atom. The standard InChI is InChI=1S/C14H15ClFN3O/c1-3-4-12-18-13(17-2)8-14(19-12)20-9-5-6-10(15)11(16)7-9/h5-8H,3-4H2,1-2H3,(H,17,18,19). The molecule has 2 rings (SSSR count). The van der Waals surface area contributed by atoms with Crippen molar-refractivity contribution in [3.63, 3.8) is 0 Å². The third-order valence-corrected chi connectivity index (χ3v) is 2.90. The van der Waals surface area contributed by atoms with Gasteiger partial charge in [-0.3, -0.25) is 0 Å². The summed E-state index contributed by atoms with van der Waals surface area (Å²) in [5, 5.41) is 3.00. The number of aryl methyl sites for hydroxylation is 1. The van der Waals surface area contributed by atoms with Crippen LogP contribution in [0.25, 0.3) is 0 Å². The smallest absolute Gasteiger partial charge is 0.224 e. The van der Waals surface area contributed by atoms with Crippen LogP contribution in [0.1, 0.15) is 19.2 Å². The van der Waals surface area contributed by atoms with Gasteiger partial charge in [0.1, 0.15) is 23.2 Å². The average molecular weight is 296 g/mol. The number of halogens is 2. The zero-order chi connectivity index (χ0) is 14.5. The van der Waals surface area contributed by atoms with E-state index in [2.05, 4.69) is 15.3 Å². The predicted molar refractivity (Wildman–Crippen MR) is 77.1 cm³/mol. The Kier molecular flexibility index (Phi) is 4.74. The van der Waals surface area contributed by atoms with E-state index in [4.69, 9.17) is 16.3 Å². The summed E-state index contributed by atoms with van der Waals surface area (Å²) in [5.74, 6) is 1.53. The summed E-state index contributed by atoms with van der Waals surface area (Å²) in [4.78, 5) is 8.61. The summed E-state index contributed by atoms with van der Waals surface area (Å²) in [7, 11) is 1.77. The number of anilines is 1. The van der Waals surface area contributed by atoms with Gasteiger partial charge in [0.05, 0.1) is 5.02 Å². The largest absolute Gasteiger partial charge is 0.439 e. The zero-order valence-electron chi connectivity index (χ0n) is 11.3. The van der Waals surface area contributed by atoms with Crippen molar-refractivity contribution in [2.75, 3.05) is 12.4 Å². The van der Waals surface area contributed by atoms with E-state index in [1.807, 2.05) is 6.92 Å². The quantitative estimate of drug-likeness (QED) is 0.904. The van der Waals surface area contributed by atoms with E-state index in [1.54, 1.807) is 19.2 Å². The van der Waals surface area contributed by atoms with Crippen LogP contribution in [-0.2, 0) is 6.42 Å². The molecule has 1 aromatic heterocycles. The highest BCUT2D eigenvalue weighted by molar-refractivity contribution is 6.30. The molecule has 6 heteroatoms. The molecule has 0 amide bonds. The minimum Gasteiger partial charge on any atom is -0.439 e. The van der Waals surface area contributed by atoms with Gasteiger partial charge in [-0.15, -0.1) is 0 Å². The minimum absolute atomic E-state index is 0.0580. The van der Waals surface area contributed by atoms with Gasteiger partial charge in [-0.1, -0.05) is 18.5 Å². The minimum atomic E-state index is -0.527. The van der Waals surface area contributed by atoms with Crippen LogP contribution >= 0.6 is 11.6 Å². The number of hydrogen-bond acceptors (Lipinski definition) is 4. The molecule has 0 aliphatic carbocycles. The molecule has 4 nitrogen and oxygen atoms in total. The fourth-order valence-electron chi connectivity index (χ4n) is 1.65. The topological polar surface area (TPSA) is 47.0 Å². The summed E-state index contributed by atoms with van der Waals surface area (Å²) in [6.07, 6.45) is 1.68. The maximum Gasteiger partial charge on any atom is 0.224 e. The first-order chi connectivity index (χ1) is 9.62. The maximum atomic E-state index is 13.4. The molecule has 0 spiro atoms. The van der Waals surface area contributed by atoms with Crippen molar-refractivity contribution in [3.8, 4) is 11.6 Å². The number of ether oxygens (including phenoxy) is 1. The zero-order valence-corrected chi connectivity index (χ0v) is 12.0. The van der Waals surface area contributed by atoms with Crippen molar-refractivity contribution < 1.29 is 9.13 Å². The van der Waals surface area contributed by atoms with E-state index in [-0.39, 0.29) is 5.02 Å². The molecule has 106 valence electrons. The van der Waals surface area contributed by atoms with Crippen molar-refractivity contribution in [2.45, 2.75) is 19.8 Å². The molecule has 1 N–H and O–H groups in total. The maximum absolute atomic E-state index is 13.4. The van der Waals surface area contributed by atoms with E-state index in [0.717, 1.165) is 12.8 Å². The van der Waals surface area contributed by atoms with E-state index < -0.39 is 5.82 Å². The molecule has 0 bridgehead atoms. The van der Waals surface area contributed by atoms with Crippen LogP contribution in [0.5, 0.6) is 11.6 Å². The van der Waals surface area contributed by atoms with Crippen molar-refractivity contribution in [1.82, 2.24) is 9.97 Å². The van der Waals surface area contributed by atoms with E-state index in [1.165, 1.54) is 12.1 Å². The SMILES string of the molecule is CCCc1nc(NC)cc(Oc2ccc(Cl)c(F)c2)n1. The number of benzene rings is 1. The number of nitrogens with one attached hydrogen (secondary N) is 1. The van der Waals surface area contributed by atoms with Gasteiger partial charge in [0, 0.05) is 25.6 Å². The van der Waals surface area contributed by atoms with Crippen molar-refractivity contribution in [2.24, 2.45) is 0 Å². The van der Waals surface area contributed by atoms with Gasteiger partial charge < -0.3 is 10.1 Å². The summed E-state index contributed by atoms with van der Waals surface area (Å²) < 4.78 is 18.9. The van der Waals surface area contributed by atoms with Crippen LogP contribution in [0.2, 0.25) is 5.02 Å². The summed E-state index contributed by atoms with van der Waals surface area (Å²) in [5.41, 5.74) is 0. The summed E-state index contributed by atoms with van der Waals surface area (Å²) >= 11 is 5.63. The molecule has 0 aliphatic heterocycles. The molecule has 1 heterocycles. The molecule has 0 radical (unpaired) electrons. The number of rotatable bonds is 5. The van der Waals surface area contributed by atoms with Gasteiger partial charge in [0.2, 0.25) is 5.88 Å². The lowest BCUT2D eigenvalue weighted by Crippen LogP contribution is -2.02. The first-order valence-electron chi connectivity index (χ1n) is 6.31. The second-order valence-electron chi connectivity index (χ2n) is 4.19. The molecule has 0 saturated carbocycles. The van der Waals surface area contributed by atoms with Crippen molar-refractivity contribution in [1.29, 1.82) is 0 Å². The molecule has 0 unspecified atom stereocenters. The van der Waals surface area contributed by atoms with Gasteiger partial charge >= 0.3 is 0 Å². The second-order valence-corrected chi connectivity index (χ2v) is 4.59. The fourth-order valence-corrected chi connectivity index (χ4v) is 1.77. The van der Waals surface area contributed by atoms with Crippen molar-refractivity contribution in [3.05, 3.63) is 40.9 Å². The Morgan fingerprint density at radius 1 is 1.30 bits per heavy atom. The predicted octanol–water partition coefficient (Wildman–Crippen LogP) is 4.06. The molecule has 20 heavy (non-hydrogen) atoms. The molecule has 1 aromatic carbocycles. The van der Waals surface area contributed by atoms with Crippen LogP contribution in [0, 0.1) is 5.82 Å². The van der Waals surface area contributed by atoms with Crippen LogP contribution < -0.4 is 10.1 Å². The monoisotopic (exact) mass is 295 g/mol. The Labute approximate surface area is 122 Å². The lowest BCUT2D eigenvalue weighted by Gasteiger charge is -2.09. The van der Waals surface area contributed by atoms with Gasteiger partial charge in [-0.05, 0) is 18.6 Å². The van der Waals surface area contributed by atoms with Crippen LogP contribution in [-0.4, -0.2) is 17.0 Å². The molecule has 0 atom stereocenters. The molecule has 0 saturated heterocycles. The van der Waals surface area contributed by atoms with E-state index in [9.17, 15) is 4.39 Å². The van der Waals surface area contributed by atoms with E-state index in [0.29, 0.717) is 23.3 Å². The van der Waals surface area contributed by atoms with Crippen LogP contribution in [0.15, 0.2) is 24.3 Å². The van der Waals surface area contributed by atoms with Gasteiger partial charge in [-0.2, -0.15) is 4.98 Å². The molecule has 0 aliphatic rings. The molecular formula is C14H15ClFN3O. The van der Waals surface area contributed by atoms with Gasteiger partial charge in [0.15, 0.2) is 0 Å². The van der Waals surface area contributed by atoms with Gasteiger partial charge in [-0.25, -0.2) is 9.37 Å². The highest BCUT2D eigenvalue weighted by Crippen LogP contribution is 2.25. The molecule has 2 aromatic rings. The van der Waals surface area contributed by atoms with Crippen LogP contribution in [0.4, 0.5) is 10.2 Å². The van der Waals surface area contributed by atoms with Crippen LogP contribution in [0.3, 0.4) is 0 Å². The molecular weight excluding hydrogens is 281 g/mol. The van der Waals surface area contributed by atoms with E-state index >= 15 is 0 Å². The average Bonchev–Trinajstić information content (AvgIpc) is 2.43. The summed E-state index contributed by atoms with van der Waals surface area (Å²) in [6.45, 7) is 2.05. The number of hydrogen-bond donors (Lipinski definition) is 1. The Balaban J connectivity index is 2.27. The normalized spacial score (nSPS) is 10.4. The second kappa shape index (κ2) is 6.52. The third-order valence-electron chi connectivity index (χ3n) is 2.59. The Bertz CT molecular complexity index is 607. The third kappa shape index (κ3) is 3.57. The highest BCUT2D eigenvalue weighted by atomic mass is 35.5. The Hall–Kier alpha value is -1.88. The lowest BCUT2D eigenvalue weighted by molar-refractivity contribution is 0.454. The van der Waals surface area contributed by atoms with Gasteiger partial charge in [0.25, 0.3) is 0 Å². The molecule has 0 fully saturated rings. The first-order valence-corrected chi connectivity index (χ1v) is 6.68. The summed E-state index contributed by atoms with van der Waals surface area (Å²) in [6, 6.07) is 5.92. The fraction of sp³-hybridized carbons (Fsp3) is 0.286. The number of nitrogens with zero attached hydrogens (tertiary/aromatic N) is 2. The first kappa shape index (κ1) is 14.5. The lowest BCUT2D eigenvalue weighted by atomic mass is 10.3. The Morgan fingerprint density at radius 3 is 2.75 bits per heavy atom.